The number of para-hydroxylation sites is 1. The van der Waals surface area contributed by atoms with Crippen LogP contribution >= 0.6 is 11.8 Å². The molecule has 162 valence electrons. The summed E-state index contributed by atoms with van der Waals surface area (Å²) in [7, 11) is 0. The van der Waals surface area contributed by atoms with Gasteiger partial charge >= 0.3 is 0 Å². The van der Waals surface area contributed by atoms with Gasteiger partial charge in [0.05, 0.1) is 11.4 Å². The molecular weight excluding hydrogens is 418 g/mol. The smallest absolute Gasteiger partial charge is 0.234 e. The molecule has 6 nitrogen and oxygen atoms in total. The molecule has 1 N–H and O–H groups in total. The first kappa shape index (κ1) is 21.8. The van der Waals surface area contributed by atoms with Crippen LogP contribution in [0.25, 0.3) is 17.1 Å². The van der Waals surface area contributed by atoms with Crippen LogP contribution in [0, 0.1) is 6.92 Å². The molecule has 0 aliphatic rings. The normalized spacial score (nSPS) is 11.0. The SMILES string of the molecule is Cc1ccccc1-n1c(SCC(=O)Nc2cccc(C(C)C)c2)nnc1-c1cccnc1. The van der Waals surface area contributed by atoms with Crippen LogP contribution in [0.2, 0.25) is 0 Å². The Hall–Kier alpha value is -3.45. The standard InChI is InChI=1S/C25H25N5OS/c1-17(2)19-9-6-11-21(14-19)27-23(31)16-32-25-29-28-24(20-10-7-13-26-15-20)30(25)22-12-5-4-8-18(22)3/h4-15,17H,16H2,1-3H3,(H,27,31). The third-order valence-corrected chi connectivity index (χ3v) is 6.01. The Bertz CT molecular complexity index is 1220. The van der Waals surface area contributed by atoms with E-state index in [9.17, 15) is 4.79 Å². The topological polar surface area (TPSA) is 72.7 Å². The zero-order chi connectivity index (χ0) is 22.5. The van der Waals surface area contributed by atoms with Crippen molar-refractivity contribution in [3.63, 3.8) is 0 Å². The van der Waals surface area contributed by atoms with Gasteiger partial charge in [0.25, 0.3) is 0 Å². The van der Waals surface area contributed by atoms with Crippen molar-refractivity contribution < 1.29 is 4.79 Å². The Kier molecular flexibility index (Phi) is 6.66. The van der Waals surface area contributed by atoms with Crippen molar-refractivity contribution >= 4 is 23.4 Å². The molecule has 0 spiro atoms. The minimum Gasteiger partial charge on any atom is -0.325 e. The van der Waals surface area contributed by atoms with E-state index in [1.807, 2.05) is 66.1 Å². The van der Waals surface area contributed by atoms with Gasteiger partial charge in [0, 0.05) is 23.6 Å². The van der Waals surface area contributed by atoms with Gasteiger partial charge in [0.1, 0.15) is 0 Å². The summed E-state index contributed by atoms with van der Waals surface area (Å²) in [4.78, 5) is 16.9. The summed E-state index contributed by atoms with van der Waals surface area (Å²) in [6.45, 7) is 6.31. The van der Waals surface area contributed by atoms with Crippen LogP contribution in [0.5, 0.6) is 0 Å². The van der Waals surface area contributed by atoms with Gasteiger partial charge < -0.3 is 5.32 Å². The monoisotopic (exact) mass is 443 g/mol. The fourth-order valence-electron chi connectivity index (χ4n) is 3.38. The number of pyridine rings is 1. The molecule has 0 saturated carbocycles. The molecule has 4 rings (SSSR count). The lowest BCUT2D eigenvalue weighted by Gasteiger charge is -2.13. The Morgan fingerprint density at radius 1 is 1.06 bits per heavy atom. The number of aromatic nitrogens is 4. The van der Waals surface area contributed by atoms with E-state index in [0.29, 0.717) is 16.9 Å². The highest BCUT2D eigenvalue weighted by atomic mass is 32.2. The largest absolute Gasteiger partial charge is 0.325 e. The predicted molar refractivity (Wildman–Crippen MR) is 129 cm³/mol. The molecule has 32 heavy (non-hydrogen) atoms. The van der Waals surface area contributed by atoms with Gasteiger partial charge in [-0.2, -0.15) is 0 Å². The highest BCUT2D eigenvalue weighted by Gasteiger charge is 2.18. The number of anilines is 1. The number of benzene rings is 2. The highest BCUT2D eigenvalue weighted by Crippen LogP contribution is 2.29. The highest BCUT2D eigenvalue weighted by molar-refractivity contribution is 7.99. The number of nitrogens with zero attached hydrogens (tertiary/aromatic N) is 4. The van der Waals surface area contributed by atoms with Crippen molar-refractivity contribution in [1.82, 2.24) is 19.7 Å². The molecule has 0 saturated heterocycles. The van der Waals surface area contributed by atoms with Gasteiger partial charge in [-0.1, -0.05) is 55.9 Å². The summed E-state index contributed by atoms with van der Waals surface area (Å²) < 4.78 is 1.99. The Balaban J connectivity index is 1.58. The summed E-state index contributed by atoms with van der Waals surface area (Å²) >= 11 is 1.36. The molecule has 4 aromatic rings. The van der Waals surface area contributed by atoms with E-state index in [-0.39, 0.29) is 11.7 Å². The lowest BCUT2D eigenvalue weighted by molar-refractivity contribution is -0.113. The number of carbonyl (C=O) groups excluding carboxylic acids is 1. The summed E-state index contributed by atoms with van der Waals surface area (Å²) in [6, 6.07) is 19.8. The maximum Gasteiger partial charge on any atom is 0.234 e. The first-order valence-corrected chi connectivity index (χ1v) is 11.5. The summed E-state index contributed by atoms with van der Waals surface area (Å²) in [5.41, 5.74) is 4.93. The molecule has 0 atom stereocenters. The molecule has 2 aromatic heterocycles. The molecule has 0 radical (unpaired) electrons. The molecule has 2 heterocycles. The minimum atomic E-state index is -0.0850. The first-order valence-electron chi connectivity index (χ1n) is 10.5. The summed E-state index contributed by atoms with van der Waals surface area (Å²) in [5, 5.41) is 12.5. The van der Waals surface area contributed by atoms with E-state index in [4.69, 9.17) is 0 Å². The number of hydrogen-bond donors (Lipinski definition) is 1. The van der Waals surface area contributed by atoms with Gasteiger partial charge in [0.15, 0.2) is 11.0 Å². The van der Waals surface area contributed by atoms with Crippen molar-refractivity contribution in [2.45, 2.75) is 31.8 Å². The fourth-order valence-corrected chi connectivity index (χ4v) is 4.12. The molecule has 0 unspecified atom stereocenters. The Morgan fingerprint density at radius 2 is 1.91 bits per heavy atom. The second-order valence-corrected chi connectivity index (χ2v) is 8.73. The van der Waals surface area contributed by atoms with Gasteiger partial charge in [-0.05, 0) is 54.3 Å². The molecule has 7 heteroatoms. The van der Waals surface area contributed by atoms with Crippen LogP contribution < -0.4 is 5.32 Å². The van der Waals surface area contributed by atoms with Gasteiger partial charge in [0.2, 0.25) is 5.91 Å². The van der Waals surface area contributed by atoms with Crippen LogP contribution in [0.3, 0.4) is 0 Å². The van der Waals surface area contributed by atoms with Crippen LogP contribution in [0.15, 0.2) is 78.2 Å². The van der Waals surface area contributed by atoms with E-state index in [1.165, 1.54) is 17.3 Å². The van der Waals surface area contributed by atoms with E-state index in [1.54, 1.807) is 12.4 Å². The summed E-state index contributed by atoms with van der Waals surface area (Å²) in [6.07, 6.45) is 3.49. The second-order valence-electron chi connectivity index (χ2n) is 7.79. The molecule has 0 aliphatic carbocycles. The first-order chi connectivity index (χ1) is 15.5. The quantitative estimate of drug-likeness (QED) is 0.382. The molecular formula is C25H25N5OS. The Labute approximate surface area is 192 Å². The van der Waals surface area contributed by atoms with E-state index >= 15 is 0 Å². The number of rotatable bonds is 7. The average Bonchev–Trinajstić information content (AvgIpc) is 3.22. The average molecular weight is 444 g/mol. The van der Waals surface area contributed by atoms with Gasteiger partial charge in [-0.3, -0.25) is 14.3 Å². The number of amides is 1. The molecule has 0 fully saturated rings. The van der Waals surface area contributed by atoms with E-state index in [0.717, 1.165) is 22.5 Å². The van der Waals surface area contributed by atoms with Crippen molar-refractivity contribution in [2.24, 2.45) is 0 Å². The van der Waals surface area contributed by atoms with Crippen molar-refractivity contribution in [3.05, 3.63) is 84.2 Å². The van der Waals surface area contributed by atoms with Crippen LogP contribution in [0.4, 0.5) is 5.69 Å². The third kappa shape index (κ3) is 4.89. The number of hydrogen-bond acceptors (Lipinski definition) is 5. The predicted octanol–water partition coefficient (Wildman–Crippen LogP) is 5.49. The number of nitrogens with one attached hydrogen (secondary N) is 1. The maximum atomic E-state index is 12.7. The zero-order valence-electron chi connectivity index (χ0n) is 18.3. The lowest BCUT2D eigenvalue weighted by Crippen LogP contribution is -2.15. The molecule has 0 bridgehead atoms. The molecule has 1 amide bonds. The van der Waals surface area contributed by atoms with Gasteiger partial charge in [-0.15, -0.1) is 10.2 Å². The minimum absolute atomic E-state index is 0.0850. The number of aryl methyl sites for hydroxylation is 1. The van der Waals surface area contributed by atoms with E-state index < -0.39 is 0 Å². The Morgan fingerprint density at radius 3 is 2.66 bits per heavy atom. The number of carbonyl (C=O) groups is 1. The molecule has 0 aliphatic heterocycles. The fraction of sp³-hybridized carbons (Fsp3) is 0.200. The molecule has 2 aromatic carbocycles. The maximum absolute atomic E-state index is 12.7. The van der Waals surface area contributed by atoms with Crippen molar-refractivity contribution in [2.75, 3.05) is 11.1 Å². The van der Waals surface area contributed by atoms with E-state index in [2.05, 4.69) is 40.4 Å². The number of thioether (sulfide) groups is 1. The zero-order valence-corrected chi connectivity index (χ0v) is 19.1. The van der Waals surface area contributed by atoms with Crippen LogP contribution in [-0.4, -0.2) is 31.4 Å². The van der Waals surface area contributed by atoms with Crippen LogP contribution in [-0.2, 0) is 4.79 Å². The summed E-state index contributed by atoms with van der Waals surface area (Å²) in [5.74, 6) is 1.24. The second kappa shape index (κ2) is 9.78. The van der Waals surface area contributed by atoms with Crippen LogP contribution in [0.1, 0.15) is 30.9 Å². The third-order valence-electron chi connectivity index (χ3n) is 5.08. The lowest BCUT2D eigenvalue weighted by atomic mass is 10.0. The van der Waals surface area contributed by atoms with Crippen molar-refractivity contribution in [3.8, 4) is 17.1 Å². The van der Waals surface area contributed by atoms with Crippen molar-refractivity contribution in [1.29, 1.82) is 0 Å². The van der Waals surface area contributed by atoms with Gasteiger partial charge in [-0.25, -0.2) is 0 Å².